The summed E-state index contributed by atoms with van der Waals surface area (Å²) in [7, 11) is 0. The van der Waals surface area contributed by atoms with Gasteiger partial charge in [-0.05, 0) is 39.8 Å². The lowest BCUT2D eigenvalue weighted by Gasteiger charge is -2.14. The fraction of sp³-hybridized carbons (Fsp3) is 0.462. The van der Waals surface area contributed by atoms with Crippen LogP contribution < -0.4 is 10.1 Å². The zero-order chi connectivity index (χ0) is 12.0. The van der Waals surface area contributed by atoms with Crippen molar-refractivity contribution in [3.05, 3.63) is 30.3 Å². The van der Waals surface area contributed by atoms with Crippen LogP contribution in [0.1, 0.15) is 27.7 Å². The van der Waals surface area contributed by atoms with E-state index in [1.807, 2.05) is 44.2 Å². The Balaban J connectivity index is 2.71. The van der Waals surface area contributed by atoms with E-state index < -0.39 is 0 Å². The molecule has 16 heavy (non-hydrogen) atoms. The molecule has 0 aromatic heterocycles. The van der Waals surface area contributed by atoms with Crippen molar-refractivity contribution in [3.63, 3.8) is 0 Å². The lowest BCUT2D eigenvalue weighted by molar-refractivity contribution is 0.492. The van der Waals surface area contributed by atoms with Gasteiger partial charge in [-0.3, -0.25) is 0 Å². The molecule has 0 aliphatic heterocycles. The Kier molecular flexibility index (Phi) is 4.83. The number of rotatable bonds is 3. The van der Waals surface area contributed by atoms with E-state index in [9.17, 15) is 0 Å². The summed E-state index contributed by atoms with van der Waals surface area (Å²) in [6.07, 6.45) is 0. The van der Waals surface area contributed by atoms with Crippen LogP contribution in [0.5, 0.6) is 5.75 Å². The number of para-hydroxylation sites is 1. The fourth-order valence-electron chi connectivity index (χ4n) is 1.17. The van der Waals surface area contributed by atoms with Crippen molar-refractivity contribution < 1.29 is 4.74 Å². The van der Waals surface area contributed by atoms with Crippen LogP contribution in [0.25, 0.3) is 0 Å². The topological polar surface area (TPSA) is 33.6 Å². The Labute approximate surface area is 97.5 Å². The highest BCUT2D eigenvalue weighted by Crippen LogP contribution is 2.08. The SMILES string of the molecule is CC(C)N=C(NC(C)C)Oc1ccccc1. The van der Waals surface area contributed by atoms with E-state index in [2.05, 4.69) is 24.2 Å². The van der Waals surface area contributed by atoms with Crippen LogP contribution in [0.15, 0.2) is 35.3 Å². The van der Waals surface area contributed by atoms with Crippen LogP contribution in [0.2, 0.25) is 0 Å². The van der Waals surface area contributed by atoms with Gasteiger partial charge in [0.2, 0.25) is 0 Å². The van der Waals surface area contributed by atoms with Gasteiger partial charge in [0, 0.05) is 12.1 Å². The molecule has 0 atom stereocenters. The second kappa shape index (κ2) is 6.16. The van der Waals surface area contributed by atoms with E-state index >= 15 is 0 Å². The van der Waals surface area contributed by atoms with Gasteiger partial charge in [-0.1, -0.05) is 18.2 Å². The number of ether oxygens (including phenoxy) is 1. The normalized spacial score (nSPS) is 12.0. The molecule has 88 valence electrons. The van der Waals surface area contributed by atoms with Crippen molar-refractivity contribution in [2.45, 2.75) is 39.8 Å². The molecule has 0 bridgehead atoms. The maximum atomic E-state index is 5.68. The van der Waals surface area contributed by atoms with Gasteiger partial charge < -0.3 is 10.1 Å². The molecule has 0 unspecified atom stereocenters. The Morgan fingerprint density at radius 1 is 1.12 bits per heavy atom. The first-order valence-electron chi connectivity index (χ1n) is 5.65. The van der Waals surface area contributed by atoms with Gasteiger partial charge in [0.25, 0.3) is 6.02 Å². The summed E-state index contributed by atoms with van der Waals surface area (Å²) < 4.78 is 5.68. The largest absolute Gasteiger partial charge is 0.426 e. The molecular weight excluding hydrogens is 200 g/mol. The maximum absolute atomic E-state index is 5.68. The minimum Gasteiger partial charge on any atom is -0.426 e. The third-order valence-electron chi connectivity index (χ3n) is 1.75. The monoisotopic (exact) mass is 220 g/mol. The second-order valence-corrected chi connectivity index (χ2v) is 4.24. The van der Waals surface area contributed by atoms with Crippen LogP contribution in [0, 0.1) is 0 Å². The van der Waals surface area contributed by atoms with E-state index in [0.29, 0.717) is 12.1 Å². The van der Waals surface area contributed by atoms with Gasteiger partial charge in [0.15, 0.2) is 0 Å². The van der Waals surface area contributed by atoms with Gasteiger partial charge >= 0.3 is 0 Å². The molecule has 3 nitrogen and oxygen atoms in total. The number of hydrogen-bond acceptors (Lipinski definition) is 2. The first-order chi connectivity index (χ1) is 7.58. The average Bonchev–Trinajstić information content (AvgIpc) is 2.16. The first-order valence-corrected chi connectivity index (χ1v) is 5.65. The Morgan fingerprint density at radius 3 is 2.25 bits per heavy atom. The molecule has 0 fully saturated rings. The zero-order valence-corrected chi connectivity index (χ0v) is 10.4. The number of nitrogens with one attached hydrogen (secondary N) is 1. The lowest BCUT2D eigenvalue weighted by Crippen LogP contribution is -2.35. The highest BCUT2D eigenvalue weighted by Gasteiger charge is 2.04. The van der Waals surface area contributed by atoms with Gasteiger partial charge in [-0.25, -0.2) is 4.99 Å². The van der Waals surface area contributed by atoms with E-state index in [1.54, 1.807) is 0 Å². The summed E-state index contributed by atoms with van der Waals surface area (Å²) in [6.45, 7) is 8.17. The van der Waals surface area contributed by atoms with Crippen LogP contribution in [0.4, 0.5) is 0 Å². The predicted molar refractivity (Wildman–Crippen MR) is 67.9 cm³/mol. The van der Waals surface area contributed by atoms with Crippen LogP contribution in [-0.4, -0.2) is 18.1 Å². The smallest absolute Gasteiger partial charge is 0.290 e. The van der Waals surface area contributed by atoms with Crippen LogP contribution >= 0.6 is 0 Å². The van der Waals surface area contributed by atoms with E-state index in [1.165, 1.54) is 0 Å². The standard InChI is InChI=1S/C13H20N2O/c1-10(2)14-13(15-11(3)4)16-12-8-6-5-7-9-12/h5-11H,1-4H3,(H,14,15). The summed E-state index contributed by atoms with van der Waals surface area (Å²) >= 11 is 0. The van der Waals surface area contributed by atoms with Crippen molar-refractivity contribution in [2.75, 3.05) is 0 Å². The van der Waals surface area contributed by atoms with Crippen molar-refractivity contribution in [1.82, 2.24) is 5.32 Å². The Bertz CT molecular complexity index is 331. The number of amidine groups is 1. The van der Waals surface area contributed by atoms with Crippen LogP contribution in [-0.2, 0) is 0 Å². The molecular formula is C13H20N2O. The highest BCUT2D eigenvalue weighted by molar-refractivity contribution is 5.76. The number of hydrogen-bond donors (Lipinski definition) is 1. The first kappa shape index (κ1) is 12.6. The Hall–Kier alpha value is -1.51. The molecule has 1 aromatic carbocycles. The van der Waals surface area contributed by atoms with Gasteiger partial charge in [-0.2, -0.15) is 0 Å². The zero-order valence-electron chi connectivity index (χ0n) is 10.4. The van der Waals surface area contributed by atoms with Crippen molar-refractivity contribution in [2.24, 2.45) is 4.99 Å². The van der Waals surface area contributed by atoms with E-state index in [4.69, 9.17) is 4.74 Å². The molecule has 0 aliphatic carbocycles. The molecule has 0 aliphatic rings. The number of nitrogens with zero attached hydrogens (tertiary/aromatic N) is 1. The molecule has 1 N–H and O–H groups in total. The highest BCUT2D eigenvalue weighted by atomic mass is 16.5. The molecule has 0 heterocycles. The van der Waals surface area contributed by atoms with Crippen molar-refractivity contribution >= 4 is 6.02 Å². The summed E-state index contributed by atoms with van der Waals surface area (Å²) in [5.74, 6) is 0.801. The lowest BCUT2D eigenvalue weighted by atomic mass is 10.3. The summed E-state index contributed by atoms with van der Waals surface area (Å²) in [6, 6.07) is 10.8. The molecule has 1 aromatic rings. The van der Waals surface area contributed by atoms with E-state index in [-0.39, 0.29) is 6.04 Å². The minimum absolute atomic E-state index is 0.213. The number of aliphatic imine (C=N–C) groups is 1. The third-order valence-corrected chi connectivity index (χ3v) is 1.75. The molecule has 1 rings (SSSR count). The van der Waals surface area contributed by atoms with Crippen LogP contribution in [0.3, 0.4) is 0 Å². The summed E-state index contributed by atoms with van der Waals surface area (Å²) in [5, 5.41) is 3.19. The molecule has 0 saturated carbocycles. The fourth-order valence-corrected chi connectivity index (χ4v) is 1.17. The quantitative estimate of drug-likeness (QED) is 0.627. The van der Waals surface area contributed by atoms with Gasteiger partial charge in [0.1, 0.15) is 5.75 Å². The molecule has 0 radical (unpaired) electrons. The minimum atomic E-state index is 0.213. The van der Waals surface area contributed by atoms with Gasteiger partial charge in [0.05, 0.1) is 0 Å². The molecule has 0 amide bonds. The van der Waals surface area contributed by atoms with Crippen molar-refractivity contribution in [3.8, 4) is 5.75 Å². The maximum Gasteiger partial charge on any atom is 0.290 e. The predicted octanol–water partition coefficient (Wildman–Crippen LogP) is 2.83. The molecule has 0 saturated heterocycles. The summed E-state index contributed by atoms with van der Waals surface area (Å²) in [4.78, 5) is 4.40. The average molecular weight is 220 g/mol. The van der Waals surface area contributed by atoms with E-state index in [0.717, 1.165) is 5.75 Å². The van der Waals surface area contributed by atoms with Crippen molar-refractivity contribution in [1.29, 1.82) is 0 Å². The Morgan fingerprint density at radius 2 is 1.75 bits per heavy atom. The molecule has 3 heteroatoms. The second-order valence-electron chi connectivity index (χ2n) is 4.24. The third kappa shape index (κ3) is 4.82. The van der Waals surface area contributed by atoms with Gasteiger partial charge in [-0.15, -0.1) is 0 Å². The molecule has 0 spiro atoms. The number of benzene rings is 1. The summed E-state index contributed by atoms with van der Waals surface area (Å²) in [5.41, 5.74) is 0.